The van der Waals surface area contributed by atoms with E-state index in [-0.39, 0.29) is 12.4 Å². The summed E-state index contributed by atoms with van der Waals surface area (Å²) in [6, 6.07) is 7.66. The van der Waals surface area contributed by atoms with Crippen molar-refractivity contribution in [3.05, 3.63) is 35.9 Å². The number of rotatable bonds is 4. The number of hydrogen-bond acceptors (Lipinski definition) is 3. The Morgan fingerprint density at radius 2 is 1.88 bits per heavy atom. The van der Waals surface area contributed by atoms with Gasteiger partial charge < -0.3 is 14.8 Å². The van der Waals surface area contributed by atoms with Gasteiger partial charge in [-0.2, -0.15) is 0 Å². The highest BCUT2D eigenvalue weighted by Crippen LogP contribution is 2.17. The maximum absolute atomic E-state index is 5.68. The van der Waals surface area contributed by atoms with Crippen molar-refractivity contribution in [2.24, 2.45) is 0 Å². The standard InChI is InChI=1S/C13H17NO2.ClH/c1-15-12-4-6-13(7-5-12)16-10-11-3-2-8-14-9-11;/h3-7,14H,2,8-10H2,1H3;1H. The molecular formula is C13H18ClNO2. The largest absolute Gasteiger partial charge is 0.497 e. The molecule has 0 fully saturated rings. The normalized spacial score (nSPS) is 14.5. The molecule has 0 aliphatic carbocycles. The Labute approximate surface area is 108 Å². The van der Waals surface area contributed by atoms with Crippen LogP contribution in [0.2, 0.25) is 0 Å². The second-order valence-corrected chi connectivity index (χ2v) is 3.79. The van der Waals surface area contributed by atoms with E-state index in [1.54, 1.807) is 7.11 Å². The van der Waals surface area contributed by atoms with Crippen molar-refractivity contribution in [1.82, 2.24) is 5.32 Å². The predicted octanol–water partition coefficient (Wildman–Crippen LogP) is 2.42. The molecule has 2 rings (SSSR count). The summed E-state index contributed by atoms with van der Waals surface area (Å²) in [5.41, 5.74) is 1.32. The Balaban J connectivity index is 0.00000144. The van der Waals surface area contributed by atoms with Crippen LogP contribution >= 0.6 is 12.4 Å². The molecule has 4 heteroatoms. The van der Waals surface area contributed by atoms with Crippen molar-refractivity contribution >= 4 is 12.4 Å². The molecule has 1 aliphatic rings. The maximum Gasteiger partial charge on any atom is 0.120 e. The first-order valence-corrected chi connectivity index (χ1v) is 5.54. The van der Waals surface area contributed by atoms with Crippen LogP contribution in [0.3, 0.4) is 0 Å². The van der Waals surface area contributed by atoms with Gasteiger partial charge in [-0.3, -0.25) is 0 Å². The number of halogens is 1. The molecule has 0 spiro atoms. The van der Waals surface area contributed by atoms with Crippen LogP contribution in [0.5, 0.6) is 11.5 Å². The summed E-state index contributed by atoms with van der Waals surface area (Å²) in [5, 5.41) is 3.32. The molecule has 0 amide bonds. The lowest BCUT2D eigenvalue weighted by Crippen LogP contribution is -2.24. The van der Waals surface area contributed by atoms with Crippen LogP contribution in [0, 0.1) is 0 Å². The lowest BCUT2D eigenvalue weighted by atomic mass is 10.2. The van der Waals surface area contributed by atoms with Gasteiger partial charge in [-0.25, -0.2) is 0 Å². The Bertz CT molecular complexity index is 362. The number of methoxy groups -OCH3 is 1. The first-order valence-electron chi connectivity index (χ1n) is 5.54. The van der Waals surface area contributed by atoms with Crippen molar-refractivity contribution in [2.45, 2.75) is 6.42 Å². The zero-order valence-electron chi connectivity index (χ0n) is 9.94. The molecule has 0 saturated carbocycles. The molecule has 0 bridgehead atoms. The number of benzene rings is 1. The molecular weight excluding hydrogens is 238 g/mol. The third-order valence-corrected chi connectivity index (χ3v) is 2.59. The summed E-state index contributed by atoms with van der Waals surface area (Å²) in [6.07, 6.45) is 3.35. The molecule has 0 aromatic heterocycles. The molecule has 3 nitrogen and oxygen atoms in total. The van der Waals surface area contributed by atoms with E-state index in [0.717, 1.165) is 31.0 Å². The van der Waals surface area contributed by atoms with Crippen LogP contribution in [0.15, 0.2) is 35.9 Å². The fourth-order valence-electron chi connectivity index (χ4n) is 1.66. The maximum atomic E-state index is 5.68. The van der Waals surface area contributed by atoms with Gasteiger partial charge in [-0.05, 0) is 42.8 Å². The van der Waals surface area contributed by atoms with Crippen LogP contribution in [0.25, 0.3) is 0 Å². The molecule has 94 valence electrons. The molecule has 0 unspecified atom stereocenters. The molecule has 0 radical (unpaired) electrons. The summed E-state index contributed by atoms with van der Waals surface area (Å²) in [5.74, 6) is 1.73. The average Bonchev–Trinajstić information content (AvgIpc) is 2.38. The molecule has 1 N–H and O–H groups in total. The minimum atomic E-state index is 0. The van der Waals surface area contributed by atoms with Crippen molar-refractivity contribution < 1.29 is 9.47 Å². The molecule has 1 aromatic rings. The summed E-state index contributed by atoms with van der Waals surface area (Å²) in [4.78, 5) is 0. The smallest absolute Gasteiger partial charge is 0.120 e. The van der Waals surface area contributed by atoms with Crippen molar-refractivity contribution in [2.75, 3.05) is 26.8 Å². The van der Waals surface area contributed by atoms with Crippen LogP contribution in [-0.2, 0) is 0 Å². The van der Waals surface area contributed by atoms with Gasteiger partial charge in [0, 0.05) is 6.54 Å². The van der Waals surface area contributed by atoms with E-state index in [2.05, 4.69) is 11.4 Å². The number of ether oxygens (including phenoxy) is 2. The second kappa shape index (κ2) is 7.20. The van der Waals surface area contributed by atoms with Gasteiger partial charge in [0.25, 0.3) is 0 Å². The lowest BCUT2D eigenvalue weighted by Gasteiger charge is -2.15. The summed E-state index contributed by atoms with van der Waals surface area (Å²) < 4.78 is 10.8. The predicted molar refractivity (Wildman–Crippen MR) is 71.3 cm³/mol. The van der Waals surface area contributed by atoms with Crippen molar-refractivity contribution in [3.63, 3.8) is 0 Å². The van der Waals surface area contributed by atoms with Crippen LogP contribution in [0.4, 0.5) is 0 Å². The third kappa shape index (κ3) is 4.29. The Morgan fingerprint density at radius 1 is 1.18 bits per heavy atom. The van der Waals surface area contributed by atoms with Crippen LogP contribution < -0.4 is 14.8 Å². The van der Waals surface area contributed by atoms with Crippen LogP contribution in [0.1, 0.15) is 6.42 Å². The van der Waals surface area contributed by atoms with Gasteiger partial charge in [0.15, 0.2) is 0 Å². The monoisotopic (exact) mass is 255 g/mol. The summed E-state index contributed by atoms with van der Waals surface area (Å²) >= 11 is 0. The van der Waals surface area contributed by atoms with E-state index < -0.39 is 0 Å². The van der Waals surface area contributed by atoms with Crippen molar-refractivity contribution in [1.29, 1.82) is 0 Å². The zero-order valence-corrected chi connectivity index (χ0v) is 10.8. The molecule has 0 saturated heterocycles. The fraction of sp³-hybridized carbons (Fsp3) is 0.385. The fourth-order valence-corrected chi connectivity index (χ4v) is 1.66. The topological polar surface area (TPSA) is 30.5 Å². The second-order valence-electron chi connectivity index (χ2n) is 3.79. The quantitative estimate of drug-likeness (QED) is 0.839. The van der Waals surface area contributed by atoms with E-state index >= 15 is 0 Å². The van der Waals surface area contributed by atoms with Gasteiger partial charge in [-0.1, -0.05) is 6.08 Å². The first kappa shape index (κ1) is 13.9. The van der Waals surface area contributed by atoms with Gasteiger partial charge in [0.2, 0.25) is 0 Å². The highest BCUT2D eigenvalue weighted by Gasteiger charge is 2.03. The molecule has 17 heavy (non-hydrogen) atoms. The first-order chi connectivity index (χ1) is 7.88. The lowest BCUT2D eigenvalue weighted by molar-refractivity contribution is 0.344. The zero-order chi connectivity index (χ0) is 11.2. The average molecular weight is 256 g/mol. The van der Waals surface area contributed by atoms with E-state index in [1.165, 1.54) is 5.57 Å². The summed E-state index contributed by atoms with van der Waals surface area (Å²) in [7, 11) is 1.66. The van der Waals surface area contributed by atoms with Gasteiger partial charge in [0.1, 0.15) is 18.1 Å². The van der Waals surface area contributed by atoms with Gasteiger partial charge in [-0.15, -0.1) is 12.4 Å². The van der Waals surface area contributed by atoms with Crippen molar-refractivity contribution in [3.8, 4) is 11.5 Å². The van der Waals surface area contributed by atoms with E-state index in [0.29, 0.717) is 6.61 Å². The highest BCUT2D eigenvalue weighted by molar-refractivity contribution is 5.85. The third-order valence-electron chi connectivity index (χ3n) is 2.59. The Morgan fingerprint density at radius 3 is 2.47 bits per heavy atom. The molecule has 0 atom stereocenters. The summed E-state index contributed by atoms with van der Waals surface area (Å²) in [6.45, 7) is 2.68. The SMILES string of the molecule is COc1ccc(OCC2=CCCNC2)cc1.Cl. The highest BCUT2D eigenvalue weighted by atomic mass is 35.5. The minimum absolute atomic E-state index is 0. The van der Waals surface area contributed by atoms with Gasteiger partial charge in [0.05, 0.1) is 7.11 Å². The minimum Gasteiger partial charge on any atom is -0.497 e. The Hall–Kier alpha value is -1.19. The molecule has 1 heterocycles. The van der Waals surface area contributed by atoms with E-state index in [1.807, 2.05) is 24.3 Å². The van der Waals surface area contributed by atoms with E-state index in [4.69, 9.17) is 9.47 Å². The molecule has 1 aliphatic heterocycles. The Kier molecular flexibility index (Phi) is 5.87. The molecule has 1 aromatic carbocycles. The van der Waals surface area contributed by atoms with E-state index in [9.17, 15) is 0 Å². The van der Waals surface area contributed by atoms with Gasteiger partial charge >= 0.3 is 0 Å². The van der Waals surface area contributed by atoms with Crippen LogP contribution in [-0.4, -0.2) is 26.8 Å². The number of nitrogens with one attached hydrogen (secondary N) is 1. The number of hydrogen-bond donors (Lipinski definition) is 1.